The van der Waals surface area contributed by atoms with E-state index >= 15 is 0 Å². The number of ether oxygens (including phenoxy) is 2. The number of aromatic nitrogens is 3. The lowest BCUT2D eigenvalue weighted by atomic mass is 10.2. The standard InChI is InChI=1S/C21H23ClN4O3S/c1-3-29-18-10-8-17(9-11-18)23-19(27)14-30-21-25-24-20(26(21)12-13-28-2)15-4-6-16(22)7-5-15/h4-11H,3,12-14H2,1-2H3,(H,23,27). The Morgan fingerprint density at radius 2 is 1.87 bits per heavy atom. The van der Waals surface area contributed by atoms with Crippen LogP contribution in [0.4, 0.5) is 5.69 Å². The minimum absolute atomic E-state index is 0.126. The summed E-state index contributed by atoms with van der Waals surface area (Å²) >= 11 is 7.31. The number of carbonyl (C=O) groups is 1. The Labute approximate surface area is 184 Å². The number of rotatable bonds is 10. The quantitative estimate of drug-likeness (QED) is 0.466. The maximum Gasteiger partial charge on any atom is 0.234 e. The van der Waals surface area contributed by atoms with Gasteiger partial charge in [0.25, 0.3) is 0 Å². The predicted molar refractivity (Wildman–Crippen MR) is 119 cm³/mol. The first-order valence-corrected chi connectivity index (χ1v) is 10.8. The summed E-state index contributed by atoms with van der Waals surface area (Å²) in [6.07, 6.45) is 0. The second-order valence-corrected chi connectivity index (χ2v) is 7.63. The molecule has 1 heterocycles. The number of amides is 1. The lowest BCUT2D eigenvalue weighted by Crippen LogP contribution is -2.15. The van der Waals surface area contributed by atoms with E-state index in [1.165, 1.54) is 11.8 Å². The summed E-state index contributed by atoms with van der Waals surface area (Å²) in [5, 5.41) is 12.8. The molecule has 0 bridgehead atoms. The molecule has 0 aliphatic rings. The molecular formula is C21H23ClN4O3S. The van der Waals surface area contributed by atoms with E-state index in [1.807, 2.05) is 60.0 Å². The van der Waals surface area contributed by atoms with E-state index in [0.717, 1.165) is 11.3 Å². The summed E-state index contributed by atoms with van der Waals surface area (Å²) in [4.78, 5) is 12.4. The number of benzene rings is 2. The maximum absolute atomic E-state index is 12.4. The zero-order valence-corrected chi connectivity index (χ0v) is 18.4. The van der Waals surface area contributed by atoms with E-state index < -0.39 is 0 Å². The average molecular weight is 447 g/mol. The number of anilines is 1. The Bertz CT molecular complexity index is 961. The molecule has 0 saturated carbocycles. The summed E-state index contributed by atoms with van der Waals surface area (Å²) in [6, 6.07) is 14.7. The molecular weight excluding hydrogens is 424 g/mol. The number of hydrogen-bond acceptors (Lipinski definition) is 6. The topological polar surface area (TPSA) is 78.3 Å². The van der Waals surface area contributed by atoms with E-state index in [-0.39, 0.29) is 11.7 Å². The first-order valence-electron chi connectivity index (χ1n) is 9.44. The van der Waals surface area contributed by atoms with Gasteiger partial charge in [-0.3, -0.25) is 9.36 Å². The van der Waals surface area contributed by atoms with Gasteiger partial charge in [0.15, 0.2) is 11.0 Å². The SMILES string of the molecule is CCOc1ccc(NC(=O)CSc2nnc(-c3ccc(Cl)cc3)n2CCOC)cc1. The number of halogens is 1. The fourth-order valence-corrected chi connectivity index (χ4v) is 3.61. The molecule has 3 aromatic rings. The van der Waals surface area contributed by atoms with Crippen LogP contribution in [0.15, 0.2) is 53.7 Å². The zero-order valence-electron chi connectivity index (χ0n) is 16.8. The van der Waals surface area contributed by atoms with Gasteiger partial charge in [0.2, 0.25) is 5.91 Å². The molecule has 7 nitrogen and oxygen atoms in total. The van der Waals surface area contributed by atoms with Gasteiger partial charge >= 0.3 is 0 Å². The molecule has 0 aliphatic carbocycles. The van der Waals surface area contributed by atoms with Crippen LogP contribution in [-0.4, -0.2) is 46.7 Å². The number of methoxy groups -OCH3 is 1. The fraction of sp³-hybridized carbons (Fsp3) is 0.286. The second-order valence-electron chi connectivity index (χ2n) is 6.25. The van der Waals surface area contributed by atoms with Gasteiger partial charge < -0.3 is 14.8 Å². The smallest absolute Gasteiger partial charge is 0.234 e. The van der Waals surface area contributed by atoms with Crippen LogP contribution in [0.1, 0.15) is 6.92 Å². The molecule has 0 atom stereocenters. The van der Waals surface area contributed by atoms with Gasteiger partial charge in [0.1, 0.15) is 5.75 Å². The van der Waals surface area contributed by atoms with E-state index in [0.29, 0.717) is 41.4 Å². The molecule has 30 heavy (non-hydrogen) atoms. The first kappa shape index (κ1) is 22.1. The van der Waals surface area contributed by atoms with E-state index in [4.69, 9.17) is 21.1 Å². The zero-order chi connectivity index (χ0) is 21.3. The van der Waals surface area contributed by atoms with Crippen molar-refractivity contribution in [2.45, 2.75) is 18.6 Å². The van der Waals surface area contributed by atoms with Gasteiger partial charge in [-0.05, 0) is 55.5 Å². The lowest BCUT2D eigenvalue weighted by molar-refractivity contribution is -0.113. The van der Waals surface area contributed by atoms with Crippen molar-refractivity contribution in [1.82, 2.24) is 14.8 Å². The molecule has 0 fully saturated rings. The number of nitrogens with one attached hydrogen (secondary N) is 1. The van der Waals surface area contributed by atoms with Crippen molar-refractivity contribution in [2.75, 3.05) is 31.4 Å². The van der Waals surface area contributed by atoms with Gasteiger partial charge in [0.05, 0.1) is 25.5 Å². The van der Waals surface area contributed by atoms with Crippen molar-refractivity contribution in [1.29, 1.82) is 0 Å². The van der Waals surface area contributed by atoms with Crippen LogP contribution in [-0.2, 0) is 16.1 Å². The Morgan fingerprint density at radius 3 is 2.53 bits per heavy atom. The summed E-state index contributed by atoms with van der Waals surface area (Å²) in [5.74, 6) is 1.56. The van der Waals surface area contributed by atoms with Gasteiger partial charge in [-0.1, -0.05) is 23.4 Å². The molecule has 1 aromatic heterocycles. The average Bonchev–Trinajstić information content (AvgIpc) is 3.15. The highest BCUT2D eigenvalue weighted by Crippen LogP contribution is 2.25. The first-order chi connectivity index (χ1) is 14.6. The summed E-state index contributed by atoms with van der Waals surface area (Å²) in [7, 11) is 1.64. The molecule has 0 spiro atoms. The largest absolute Gasteiger partial charge is 0.494 e. The monoisotopic (exact) mass is 446 g/mol. The second kappa shape index (κ2) is 11.0. The highest BCUT2D eigenvalue weighted by atomic mass is 35.5. The maximum atomic E-state index is 12.4. The van der Waals surface area contributed by atoms with E-state index in [9.17, 15) is 4.79 Å². The van der Waals surface area contributed by atoms with Crippen molar-refractivity contribution in [2.24, 2.45) is 0 Å². The Hall–Kier alpha value is -2.55. The van der Waals surface area contributed by atoms with Crippen LogP contribution in [0.2, 0.25) is 5.02 Å². The van der Waals surface area contributed by atoms with Crippen molar-refractivity contribution in [3.63, 3.8) is 0 Å². The Balaban J connectivity index is 1.66. The van der Waals surface area contributed by atoms with Crippen LogP contribution < -0.4 is 10.1 Å². The summed E-state index contributed by atoms with van der Waals surface area (Å²) < 4.78 is 12.6. The van der Waals surface area contributed by atoms with Crippen molar-refractivity contribution in [3.8, 4) is 17.1 Å². The van der Waals surface area contributed by atoms with Crippen LogP contribution in [0, 0.1) is 0 Å². The molecule has 0 unspecified atom stereocenters. The normalized spacial score (nSPS) is 10.8. The third-order valence-corrected chi connectivity index (χ3v) is 5.34. The van der Waals surface area contributed by atoms with Gasteiger partial charge in [-0.15, -0.1) is 10.2 Å². The molecule has 0 saturated heterocycles. The molecule has 0 radical (unpaired) electrons. The Kier molecular flexibility index (Phi) is 8.12. The van der Waals surface area contributed by atoms with E-state index in [2.05, 4.69) is 15.5 Å². The molecule has 2 aromatic carbocycles. The van der Waals surface area contributed by atoms with Crippen molar-refractivity contribution >= 4 is 35.0 Å². The van der Waals surface area contributed by atoms with Crippen LogP contribution in [0.25, 0.3) is 11.4 Å². The molecule has 0 aliphatic heterocycles. The third kappa shape index (κ3) is 5.98. The molecule has 3 rings (SSSR count). The third-order valence-electron chi connectivity index (χ3n) is 4.12. The highest BCUT2D eigenvalue weighted by Gasteiger charge is 2.16. The molecule has 1 N–H and O–H groups in total. The van der Waals surface area contributed by atoms with E-state index in [1.54, 1.807) is 7.11 Å². The predicted octanol–water partition coefficient (Wildman–Crippen LogP) is 4.37. The number of nitrogens with zero attached hydrogens (tertiary/aromatic N) is 3. The number of carbonyl (C=O) groups excluding carboxylic acids is 1. The van der Waals surface area contributed by atoms with Crippen molar-refractivity contribution in [3.05, 3.63) is 53.6 Å². The van der Waals surface area contributed by atoms with Crippen LogP contribution in [0.3, 0.4) is 0 Å². The summed E-state index contributed by atoms with van der Waals surface area (Å²) in [6.45, 7) is 3.61. The number of thioether (sulfide) groups is 1. The van der Waals surface area contributed by atoms with Crippen molar-refractivity contribution < 1.29 is 14.3 Å². The minimum atomic E-state index is -0.126. The van der Waals surface area contributed by atoms with Gasteiger partial charge in [-0.2, -0.15) is 0 Å². The van der Waals surface area contributed by atoms with Crippen LogP contribution >= 0.6 is 23.4 Å². The molecule has 158 valence electrons. The number of hydrogen-bond donors (Lipinski definition) is 1. The van der Waals surface area contributed by atoms with Crippen LogP contribution in [0.5, 0.6) is 5.75 Å². The molecule has 9 heteroatoms. The lowest BCUT2D eigenvalue weighted by Gasteiger charge is -2.10. The van der Waals surface area contributed by atoms with Gasteiger partial charge in [-0.25, -0.2) is 0 Å². The van der Waals surface area contributed by atoms with Gasteiger partial charge in [0, 0.05) is 23.4 Å². The fourth-order valence-electron chi connectivity index (χ4n) is 2.72. The highest BCUT2D eigenvalue weighted by molar-refractivity contribution is 7.99. The summed E-state index contributed by atoms with van der Waals surface area (Å²) in [5.41, 5.74) is 1.61. The molecule has 1 amide bonds. The Morgan fingerprint density at radius 1 is 1.13 bits per heavy atom. The minimum Gasteiger partial charge on any atom is -0.494 e.